The van der Waals surface area contributed by atoms with Crippen LogP contribution < -0.4 is 14.9 Å². The van der Waals surface area contributed by atoms with Gasteiger partial charge in [0.25, 0.3) is 0 Å². The number of hydrogen-bond donors (Lipinski definition) is 0. The van der Waals surface area contributed by atoms with Crippen LogP contribution in [0.4, 0.5) is 0 Å². The standard InChI is InChI=1S/C37H46NSi/c1-27-35(29-16-10-6-11-17-29)25-31(28-14-8-5-9-15-28)26-36(27)37-34-21-20-33(24-30(34)22-23-38(37)2)39(3,4)32-18-12-7-13-19-32/h7,12-13,18-26,28-29H,5-6,8-11,14-17H2,1-4H3/q+1/i23D. The molecular formula is C37H46NSi+. The minimum Gasteiger partial charge on any atom is -0.200 e. The molecular weight excluding hydrogens is 487 g/mol. The summed E-state index contributed by atoms with van der Waals surface area (Å²) in [5.74, 6) is 1.35. The Bertz CT molecular complexity index is 1510. The lowest BCUT2D eigenvalue weighted by Gasteiger charge is -2.28. The number of pyridine rings is 1. The van der Waals surface area contributed by atoms with E-state index in [0.29, 0.717) is 18.0 Å². The molecule has 4 aromatic rings. The number of rotatable bonds is 5. The summed E-state index contributed by atoms with van der Waals surface area (Å²) in [6.07, 6.45) is 14.1. The van der Waals surface area contributed by atoms with Crippen LogP contribution in [0.5, 0.6) is 0 Å². The third kappa shape index (κ3) is 5.13. The van der Waals surface area contributed by atoms with Gasteiger partial charge in [-0.05, 0) is 78.7 Å². The van der Waals surface area contributed by atoms with E-state index in [0.717, 1.165) is 0 Å². The van der Waals surface area contributed by atoms with E-state index in [1.807, 2.05) is 0 Å². The monoisotopic (exact) mass is 533 g/mol. The van der Waals surface area contributed by atoms with Gasteiger partial charge in [0, 0.05) is 6.07 Å². The van der Waals surface area contributed by atoms with E-state index in [1.165, 1.54) is 102 Å². The molecule has 2 fully saturated rings. The third-order valence-corrected chi connectivity index (χ3v) is 13.7. The quantitative estimate of drug-likeness (QED) is 0.179. The number of nitrogens with zero attached hydrogens (tertiary/aromatic N) is 1. The Morgan fingerprint density at radius 3 is 2.10 bits per heavy atom. The molecule has 2 saturated carbocycles. The van der Waals surface area contributed by atoms with Crippen molar-refractivity contribution in [1.29, 1.82) is 0 Å². The van der Waals surface area contributed by atoms with Gasteiger partial charge < -0.3 is 0 Å². The molecule has 2 aliphatic carbocycles. The predicted octanol–water partition coefficient (Wildman–Crippen LogP) is 8.56. The fourth-order valence-corrected chi connectivity index (χ4v) is 9.94. The summed E-state index contributed by atoms with van der Waals surface area (Å²) in [7, 11) is 0.255. The summed E-state index contributed by atoms with van der Waals surface area (Å²) in [6, 6.07) is 25.4. The molecule has 0 unspecified atom stereocenters. The Hall–Kier alpha value is -2.71. The van der Waals surface area contributed by atoms with Gasteiger partial charge >= 0.3 is 0 Å². The van der Waals surface area contributed by atoms with Crippen molar-refractivity contribution >= 4 is 29.2 Å². The van der Waals surface area contributed by atoms with E-state index in [4.69, 9.17) is 1.37 Å². The lowest BCUT2D eigenvalue weighted by atomic mass is 9.76. The van der Waals surface area contributed by atoms with Crippen LogP contribution in [0.25, 0.3) is 22.0 Å². The number of benzene rings is 3. The van der Waals surface area contributed by atoms with Crippen molar-refractivity contribution in [3.05, 3.63) is 89.6 Å². The van der Waals surface area contributed by atoms with Crippen LogP contribution in [0.15, 0.2) is 72.9 Å². The van der Waals surface area contributed by atoms with Gasteiger partial charge in [-0.15, -0.1) is 0 Å². The zero-order valence-electron chi connectivity index (χ0n) is 25.5. The first-order valence-electron chi connectivity index (χ1n) is 16.0. The first-order chi connectivity index (χ1) is 19.3. The van der Waals surface area contributed by atoms with Gasteiger partial charge in [-0.2, -0.15) is 0 Å². The average Bonchev–Trinajstić information content (AvgIpc) is 2.99. The molecule has 39 heavy (non-hydrogen) atoms. The smallest absolute Gasteiger partial charge is 0.200 e. The minimum absolute atomic E-state index is 0.584. The largest absolute Gasteiger partial charge is 0.220 e. The Morgan fingerprint density at radius 2 is 1.41 bits per heavy atom. The van der Waals surface area contributed by atoms with Crippen LogP contribution in [-0.4, -0.2) is 8.07 Å². The molecule has 1 heterocycles. The van der Waals surface area contributed by atoms with Crippen LogP contribution >= 0.6 is 0 Å². The zero-order chi connectivity index (χ0) is 27.9. The topological polar surface area (TPSA) is 3.88 Å². The van der Waals surface area contributed by atoms with E-state index < -0.39 is 8.07 Å². The van der Waals surface area contributed by atoms with Crippen LogP contribution in [0.1, 0.15) is 94.1 Å². The van der Waals surface area contributed by atoms with Crippen molar-refractivity contribution in [2.24, 2.45) is 7.05 Å². The van der Waals surface area contributed by atoms with Crippen molar-refractivity contribution in [2.45, 2.75) is 96.1 Å². The maximum absolute atomic E-state index is 9.03. The van der Waals surface area contributed by atoms with Crippen LogP contribution in [0, 0.1) is 6.92 Å². The van der Waals surface area contributed by atoms with Crippen LogP contribution in [0.3, 0.4) is 0 Å². The van der Waals surface area contributed by atoms with Gasteiger partial charge in [-0.3, -0.25) is 0 Å². The highest BCUT2D eigenvalue weighted by molar-refractivity contribution is 7.00. The number of fused-ring (bicyclic) bond motifs is 1. The zero-order valence-corrected chi connectivity index (χ0v) is 25.5. The van der Waals surface area contributed by atoms with Crippen LogP contribution in [-0.2, 0) is 7.05 Å². The van der Waals surface area contributed by atoms with Crippen molar-refractivity contribution in [1.82, 2.24) is 0 Å². The molecule has 1 nitrogen and oxygen atoms in total. The first kappa shape index (κ1) is 25.3. The normalized spacial score (nSPS) is 17.9. The highest BCUT2D eigenvalue weighted by Gasteiger charge is 2.29. The number of hydrogen-bond acceptors (Lipinski definition) is 0. The Kier molecular flexibility index (Phi) is 7.16. The van der Waals surface area contributed by atoms with E-state index in [-0.39, 0.29) is 0 Å². The Morgan fingerprint density at radius 1 is 0.744 bits per heavy atom. The molecule has 1 aromatic heterocycles. The molecule has 0 aliphatic heterocycles. The molecule has 0 radical (unpaired) electrons. The van der Waals surface area contributed by atoms with Gasteiger partial charge in [0.2, 0.25) is 5.69 Å². The minimum atomic E-state index is -1.84. The molecule has 0 N–H and O–H groups in total. The fraction of sp³-hybridized carbons (Fsp3) is 0.432. The van der Waals surface area contributed by atoms with Gasteiger partial charge in [0.1, 0.15) is 16.5 Å². The SMILES string of the molecule is [2H]c1cc2cc([Si](C)(C)c3ccccc3)ccc2c(-c2cc(C3CCCCC3)cc(C3CCCCC3)c2C)[n+]1C. The van der Waals surface area contributed by atoms with Crippen molar-refractivity contribution < 1.29 is 5.94 Å². The van der Waals surface area contributed by atoms with Crippen molar-refractivity contribution in [2.75, 3.05) is 0 Å². The highest BCUT2D eigenvalue weighted by Crippen LogP contribution is 2.42. The summed E-state index contributed by atoms with van der Waals surface area (Å²) in [5, 5.41) is 5.36. The lowest BCUT2D eigenvalue weighted by Crippen LogP contribution is -2.52. The maximum atomic E-state index is 9.03. The molecule has 0 saturated heterocycles. The predicted molar refractivity (Wildman–Crippen MR) is 170 cm³/mol. The molecule has 0 bridgehead atoms. The molecule has 0 amide bonds. The van der Waals surface area contributed by atoms with Gasteiger partial charge in [-0.25, -0.2) is 4.57 Å². The maximum Gasteiger partial charge on any atom is 0.220 e. The van der Waals surface area contributed by atoms with Gasteiger partial charge in [-0.1, -0.05) is 111 Å². The summed E-state index contributed by atoms with van der Waals surface area (Å²) >= 11 is 0. The molecule has 0 spiro atoms. The van der Waals surface area contributed by atoms with Crippen molar-refractivity contribution in [3.63, 3.8) is 0 Å². The third-order valence-electron chi connectivity index (χ3n) is 10.1. The van der Waals surface area contributed by atoms with Crippen LogP contribution in [0.2, 0.25) is 13.1 Å². The Labute approximate surface area is 238 Å². The molecule has 2 aliphatic rings. The Balaban J connectivity index is 1.54. The van der Waals surface area contributed by atoms with E-state index in [2.05, 4.69) is 98.4 Å². The summed E-state index contributed by atoms with van der Waals surface area (Å²) in [6.45, 7) is 7.26. The number of aromatic nitrogens is 1. The summed E-state index contributed by atoms with van der Waals surface area (Å²) in [4.78, 5) is 0. The highest BCUT2D eigenvalue weighted by atomic mass is 28.3. The molecule has 202 valence electrons. The van der Waals surface area contributed by atoms with E-state index in [1.54, 1.807) is 11.1 Å². The second kappa shape index (κ2) is 11.0. The van der Waals surface area contributed by atoms with Gasteiger partial charge in [0.15, 0.2) is 6.17 Å². The van der Waals surface area contributed by atoms with E-state index >= 15 is 0 Å². The van der Waals surface area contributed by atoms with E-state index in [9.17, 15) is 0 Å². The molecule has 3 aromatic carbocycles. The average molecular weight is 534 g/mol. The second-order valence-electron chi connectivity index (χ2n) is 12.9. The fourth-order valence-electron chi connectivity index (χ4n) is 7.56. The molecule has 2 heteroatoms. The second-order valence-corrected chi connectivity index (χ2v) is 17.3. The molecule has 0 atom stereocenters. The van der Waals surface area contributed by atoms with Gasteiger partial charge in [0.05, 0.1) is 10.9 Å². The first-order valence-corrected chi connectivity index (χ1v) is 18.5. The summed E-state index contributed by atoms with van der Waals surface area (Å²) < 4.78 is 11.2. The lowest BCUT2D eigenvalue weighted by molar-refractivity contribution is -0.659. The van der Waals surface area contributed by atoms with Crippen molar-refractivity contribution in [3.8, 4) is 11.3 Å². The molecule has 6 rings (SSSR count). The summed E-state index contributed by atoms with van der Waals surface area (Å²) in [5.41, 5.74) is 7.17.